The molecule has 0 saturated heterocycles. The highest BCUT2D eigenvalue weighted by Crippen LogP contribution is 2.28. The van der Waals surface area contributed by atoms with Gasteiger partial charge in [0.25, 0.3) is 0 Å². The summed E-state index contributed by atoms with van der Waals surface area (Å²) in [5.41, 5.74) is 2.24. The average Bonchev–Trinajstić information content (AvgIpc) is 3.11. The Morgan fingerprint density at radius 1 is 1.00 bits per heavy atom. The van der Waals surface area contributed by atoms with Crippen LogP contribution in [0.25, 0.3) is 0 Å². The van der Waals surface area contributed by atoms with E-state index < -0.39 is 0 Å². The first-order chi connectivity index (χ1) is 13.1. The Morgan fingerprint density at radius 2 is 1.70 bits per heavy atom. The summed E-state index contributed by atoms with van der Waals surface area (Å²) in [5.74, 6) is 0.939. The molecule has 0 fully saturated rings. The molecule has 6 heteroatoms. The number of rotatable bonds is 8. The van der Waals surface area contributed by atoms with Crippen LogP contribution < -0.4 is 0 Å². The first-order valence-electron chi connectivity index (χ1n) is 9.37. The molecule has 2 aromatic carbocycles. The maximum absolute atomic E-state index is 13.2. The molecule has 0 bridgehead atoms. The lowest BCUT2D eigenvalue weighted by atomic mass is 10.0. The van der Waals surface area contributed by atoms with Crippen LogP contribution >= 0.6 is 0 Å². The normalized spacial score (nSPS) is 12.7. The first-order valence-corrected chi connectivity index (χ1v) is 9.37. The highest BCUT2D eigenvalue weighted by molar-refractivity contribution is 5.17. The molecule has 1 atom stereocenters. The van der Waals surface area contributed by atoms with Crippen molar-refractivity contribution in [1.29, 1.82) is 0 Å². The van der Waals surface area contributed by atoms with E-state index in [1.54, 1.807) is 12.1 Å². The van der Waals surface area contributed by atoms with Gasteiger partial charge in [0.1, 0.15) is 5.82 Å². The van der Waals surface area contributed by atoms with E-state index in [4.69, 9.17) is 0 Å². The highest BCUT2D eigenvalue weighted by Gasteiger charge is 2.28. The quantitative estimate of drug-likeness (QED) is 0.602. The summed E-state index contributed by atoms with van der Waals surface area (Å²) in [6, 6.07) is 17.0. The zero-order valence-electron chi connectivity index (χ0n) is 16.1. The summed E-state index contributed by atoms with van der Waals surface area (Å²) in [5, 5.41) is 12.5. The minimum absolute atomic E-state index is 0.0886. The summed E-state index contributed by atoms with van der Waals surface area (Å²) < 4.78 is 15.0. The van der Waals surface area contributed by atoms with Crippen LogP contribution in [-0.2, 0) is 13.1 Å². The van der Waals surface area contributed by atoms with Crippen LogP contribution in [0.5, 0.6) is 0 Å². The van der Waals surface area contributed by atoms with Crippen LogP contribution in [0.2, 0.25) is 0 Å². The molecule has 0 saturated carbocycles. The van der Waals surface area contributed by atoms with Crippen molar-refractivity contribution in [2.24, 2.45) is 5.92 Å². The second-order valence-corrected chi connectivity index (χ2v) is 7.06. The number of hydrogen-bond donors (Lipinski definition) is 0. The van der Waals surface area contributed by atoms with E-state index in [0.29, 0.717) is 12.5 Å². The van der Waals surface area contributed by atoms with Crippen molar-refractivity contribution in [3.63, 3.8) is 0 Å². The second kappa shape index (κ2) is 8.86. The van der Waals surface area contributed by atoms with Gasteiger partial charge in [0, 0.05) is 6.54 Å². The van der Waals surface area contributed by atoms with Crippen LogP contribution in [0.3, 0.4) is 0 Å². The molecule has 0 N–H and O–H groups in total. The predicted molar refractivity (Wildman–Crippen MR) is 103 cm³/mol. The molecule has 142 valence electrons. The highest BCUT2D eigenvalue weighted by atomic mass is 19.1. The zero-order valence-corrected chi connectivity index (χ0v) is 16.1. The van der Waals surface area contributed by atoms with Gasteiger partial charge in [-0.1, -0.05) is 63.2 Å². The van der Waals surface area contributed by atoms with E-state index in [-0.39, 0.29) is 11.9 Å². The van der Waals surface area contributed by atoms with Gasteiger partial charge < -0.3 is 0 Å². The number of benzene rings is 2. The van der Waals surface area contributed by atoms with Crippen molar-refractivity contribution in [2.45, 2.75) is 39.9 Å². The average molecular weight is 367 g/mol. The molecule has 1 aromatic heterocycles. The van der Waals surface area contributed by atoms with Crippen molar-refractivity contribution in [3.05, 3.63) is 77.4 Å². The van der Waals surface area contributed by atoms with Crippen molar-refractivity contribution in [2.75, 3.05) is 6.54 Å². The minimum atomic E-state index is -0.240. The summed E-state index contributed by atoms with van der Waals surface area (Å²) in [7, 11) is 0. The van der Waals surface area contributed by atoms with Crippen LogP contribution in [0.15, 0.2) is 54.6 Å². The minimum Gasteiger partial charge on any atom is -0.289 e. The van der Waals surface area contributed by atoms with Crippen LogP contribution in [0.4, 0.5) is 4.39 Å². The standard InChI is InChI=1S/C21H26FN5/c1-4-26(14-17-8-6-5-7-9-17)20(16(2)3)21-23-24-25-27(21)15-18-10-12-19(22)13-11-18/h5-13,16,20H,4,14-15H2,1-3H3. The lowest BCUT2D eigenvalue weighted by Gasteiger charge is -2.32. The van der Waals surface area contributed by atoms with Gasteiger partial charge in [0.15, 0.2) is 5.82 Å². The number of hydrogen-bond acceptors (Lipinski definition) is 4. The van der Waals surface area contributed by atoms with Crippen LogP contribution in [0, 0.1) is 11.7 Å². The molecule has 0 aliphatic rings. The maximum atomic E-state index is 13.2. The van der Waals surface area contributed by atoms with E-state index in [2.05, 4.69) is 65.5 Å². The van der Waals surface area contributed by atoms with E-state index in [9.17, 15) is 4.39 Å². The van der Waals surface area contributed by atoms with Crippen molar-refractivity contribution in [3.8, 4) is 0 Å². The number of tetrazole rings is 1. The van der Waals surface area contributed by atoms with Gasteiger partial charge in [-0.05, 0) is 46.1 Å². The smallest absolute Gasteiger partial charge is 0.169 e. The molecule has 1 heterocycles. The topological polar surface area (TPSA) is 46.8 Å². The summed E-state index contributed by atoms with van der Waals surface area (Å²) in [6.45, 7) is 8.79. The van der Waals surface area contributed by atoms with Gasteiger partial charge >= 0.3 is 0 Å². The van der Waals surface area contributed by atoms with Crippen molar-refractivity contribution < 1.29 is 4.39 Å². The first kappa shape index (κ1) is 19.2. The fraction of sp³-hybridized carbons (Fsp3) is 0.381. The third kappa shape index (κ3) is 4.77. The molecule has 0 radical (unpaired) electrons. The summed E-state index contributed by atoms with van der Waals surface area (Å²) in [4.78, 5) is 2.40. The third-order valence-corrected chi connectivity index (χ3v) is 4.73. The number of aromatic nitrogens is 4. The Morgan fingerprint density at radius 3 is 2.33 bits per heavy atom. The number of halogens is 1. The maximum Gasteiger partial charge on any atom is 0.169 e. The van der Waals surface area contributed by atoms with E-state index in [1.807, 2.05) is 10.7 Å². The van der Waals surface area contributed by atoms with E-state index in [0.717, 1.165) is 24.5 Å². The molecule has 3 aromatic rings. The van der Waals surface area contributed by atoms with E-state index in [1.165, 1.54) is 17.7 Å². The SMILES string of the molecule is CCN(Cc1ccccc1)C(c1nnnn1Cc1ccc(F)cc1)C(C)C. The van der Waals surface area contributed by atoms with Gasteiger partial charge in [0.05, 0.1) is 12.6 Å². The lowest BCUT2D eigenvalue weighted by Crippen LogP contribution is -2.34. The molecule has 0 aliphatic heterocycles. The molecule has 27 heavy (non-hydrogen) atoms. The third-order valence-electron chi connectivity index (χ3n) is 4.73. The molecule has 3 rings (SSSR count). The van der Waals surface area contributed by atoms with Crippen LogP contribution in [0.1, 0.15) is 43.8 Å². The van der Waals surface area contributed by atoms with Gasteiger partial charge in [-0.2, -0.15) is 0 Å². The molecule has 5 nitrogen and oxygen atoms in total. The van der Waals surface area contributed by atoms with Gasteiger partial charge in [-0.15, -0.1) is 5.10 Å². The Balaban J connectivity index is 1.86. The Kier molecular flexibility index (Phi) is 6.29. The fourth-order valence-electron chi connectivity index (χ4n) is 3.41. The summed E-state index contributed by atoms with van der Waals surface area (Å²) in [6.07, 6.45) is 0. The second-order valence-electron chi connectivity index (χ2n) is 7.06. The van der Waals surface area contributed by atoms with Crippen molar-refractivity contribution in [1.82, 2.24) is 25.1 Å². The molecular formula is C21H26FN5. The molecule has 0 spiro atoms. The molecular weight excluding hydrogens is 341 g/mol. The number of nitrogens with zero attached hydrogens (tertiary/aromatic N) is 5. The summed E-state index contributed by atoms with van der Waals surface area (Å²) >= 11 is 0. The fourth-order valence-corrected chi connectivity index (χ4v) is 3.41. The molecule has 0 aliphatic carbocycles. The Bertz CT molecular complexity index is 829. The monoisotopic (exact) mass is 367 g/mol. The Hall–Kier alpha value is -2.60. The van der Waals surface area contributed by atoms with E-state index >= 15 is 0 Å². The zero-order chi connectivity index (χ0) is 19.2. The van der Waals surface area contributed by atoms with Crippen molar-refractivity contribution >= 4 is 0 Å². The van der Waals surface area contributed by atoms with Gasteiger partial charge in [-0.25, -0.2) is 9.07 Å². The van der Waals surface area contributed by atoms with Gasteiger partial charge in [0.2, 0.25) is 0 Å². The molecule has 0 amide bonds. The van der Waals surface area contributed by atoms with Gasteiger partial charge in [-0.3, -0.25) is 4.90 Å². The Labute approximate surface area is 159 Å². The lowest BCUT2D eigenvalue weighted by molar-refractivity contribution is 0.142. The molecule has 1 unspecified atom stereocenters. The largest absolute Gasteiger partial charge is 0.289 e. The van der Waals surface area contributed by atoms with Crippen LogP contribution in [-0.4, -0.2) is 31.7 Å². The predicted octanol–water partition coefficient (Wildman–Crippen LogP) is 4.08.